The lowest BCUT2D eigenvalue weighted by molar-refractivity contribution is -0.120. The standard InChI is InChI=1S/C27H26FN3O2S/c1-16-7-12-21(17(2)13-16)30-23(32)15-31-24(33)14-29-26(18-8-10-19(28)11-9-18)25-20-5-3-4-6-22(20)34-27(25)31/h7-13H,3-6,14-15H2,1-2H3,(H,30,32). The number of aryl methyl sites for hydroxylation is 3. The lowest BCUT2D eigenvalue weighted by Gasteiger charge is -2.21. The summed E-state index contributed by atoms with van der Waals surface area (Å²) in [4.78, 5) is 33.7. The minimum atomic E-state index is -0.314. The lowest BCUT2D eigenvalue weighted by Crippen LogP contribution is -2.38. The number of amides is 2. The third-order valence-corrected chi connectivity index (χ3v) is 7.70. The maximum absolute atomic E-state index is 13.6. The largest absolute Gasteiger partial charge is 0.324 e. The van der Waals surface area contributed by atoms with E-state index in [0.29, 0.717) is 5.71 Å². The van der Waals surface area contributed by atoms with Crippen LogP contribution in [-0.4, -0.2) is 30.6 Å². The summed E-state index contributed by atoms with van der Waals surface area (Å²) in [6.07, 6.45) is 4.06. The van der Waals surface area contributed by atoms with Crippen LogP contribution in [0.3, 0.4) is 0 Å². The number of benzene rings is 2. The van der Waals surface area contributed by atoms with Crippen LogP contribution in [-0.2, 0) is 22.4 Å². The number of nitrogens with one attached hydrogen (secondary N) is 1. The Morgan fingerprint density at radius 1 is 1.12 bits per heavy atom. The first kappa shape index (κ1) is 22.5. The Morgan fingerprint density at radius 3 is 2.65 bits per heavy atom. The number of carbonyl (C=O) groups is 2. The molecule has 1 N–H and O–H groups in total. The van der Waals surface area contributed by atoms with E-state index in [1.165, 1.54) is 22.6 Å². The second-order valence-corrected chi connectivity index (χ2v) is 9.99. The predicted molar refractivity (Wildman–Crippen MR) is 135 cm³/mol. The van der Waals surface area contributed by atoms with E-state index in [1.54, 1.807) is 28.4 Å². The zero-order chi connectivity index (χ0) is 23.8. The highest BCUT2D eigenvalue weighted by molar-refractivity contribution is 7.17. The van der Waals surface area contributed by atoms with Crippen LogP contribution in [0.4, 0.5) is 15.1 Å². The predicted octanol–water partition coefficient (Wildman–Crippen LogP) is 5.21. The van der Waals surface area contributed by atoms with E-state index in [0.717, 1.165) is 58.6 Å². The van der Waals surface area contributed by atoms with Crippen molar-refractivity contribution in [2.24, 2.45) is 4.99 Å². The van der Waals surface area contributed by atoms with Gasteiger partial charge in [0.05, 0.1) is 5.71 Å². The number of carbonyl (C=O) groups excluding carboxylic acids is 2. The molecule has 34 heavy (non-hydrogen) atoms. The van der Waals surface area contributed by atoms with Gasteiger partial charge in [-0.05, 0) is 81.0 Å². The van der Waals surface area contributed by atoms with Gasteiger partial charge < -0.3 is 5.32 Å². The maximum Gasteiger partial charge on any atom is 0.249 e. The van der Waals surface area contributed by atoms with Gasteiger partial charge in [-0.1, -0.05) is 17.7 Å². The monoisotopic (exact) mass is 475 g/mol. The Kier molecular flexibility index (Phi) is 6.04. The second-order valence-electron chi connectivity index (χ2n) is 8.91. The number of fused-ring (bicyclic) bond motifs is 3. The molecular weight excluding hydrogens is 449 g/mol. The van der Waals surface area contributed by atoms with Crippen molar-refractivity contribution >= 4 is 39.6 Å². The zero-order valence-corrected chi connectivity index (χ0v) is 20.1. The minimum absolute atomic E-state index is 0.0558. The molecule has 0 fully saturated rings. The van der Waals surface area contributed by atoms with E-state index in [1.807, 2.05) is 32.0 Å². The molecule has 0 bridgehead atoms. The van der Waals surface area contributed by atoms with Crippen LogP contribution in [0.15, 0.2) is 47.5 Å². The summed E-state index contributed by atoms with van der Waals surface area (Å²) in [6, 6.07) is 12.1. The van der Waals surface area contributed by atoms with Crippen LogP contribution in [0, 0.1) is 19.7 Å². The van der Waals surface area contributed by atoms with Crippen molar-refractivity contribution in [2.75, 3.05) is 23.3 Å². The number of nitrogens with zero attached hydrogens (tertiary/aromatic N) is 2. The molecule has 7 heteroatoms. The normalized spacial score (nSPS) is 15.3. The number of halogens is 1. The number of thiophene rings is 1. The van der Waals surface area contributed by atoms with Crippen molar-refractivity contribution in [2.45, 2.75) is 39.5 Å². The summed E-state index contributed by atoms with van der Waals surface area (Å²) in [6.45, 7) is 3.83. The molecule has 3 aromatic rings. The molecule has 0 saturated heterocycles. The van der Waals surface area contributed by atoms with Gasteiger partial charge in [0.2, 0.25) is 11.8 Å². The smallest absolute Gasteiger partial charge is 0.249 e. The van der Waals surface area contributed by atoms with Crippen LogP contribution >= 0.6 is 11.3 Å². The molecule has 0 saturated carbocycles. The summed E-state index contributed by atoms with van der Waals surface area (Å²) in [5.74, 6) is -0.776. The zero-order valence-electron chi connectivity index (χ0n) is 19.3. The molecule has 1 aliphatic carbocycles. The Balaban J connectivity index is 1.52. The molecule has 0 atom stereocenters. The molecule has 5 nitrogen and oxygen atoms in total. The first-order chi connectivity index (χ1) is 16.4. The van der Waals surface area contributed by atoms with Gasteiger partial charge in [0.1, 0.15) is 23.9 Å². The molecule has 0 spiro atoms. The highest BCUT2D eigenvalue weighted by Gasteiger charge is 2.33. The fraction of sp³-hybridized carbons (Fsp3) is 0.296. The van der Waals surface area contributed by atoms with Crippen LogP contribution in [0.1, 0.15) is 45.5 Å². The van der Waals surface area contributed by atoms with E-state index in [-0.39, 0.29) is 30.7 Å². The third kappa shape index (κ3) is 4.28. The van der Waals surface area contributed by atoms with Gasteiger partial charge in [0, 0.05) is 21.7 Å². The third-order valence-electron chi connectivity index (χ3n) is 6.38. The Hall–Kier alpha value is -3.32. The van der Waals surface area contributed by atoms with Gasteiger partial charge in [0.15, 0.2) is 0 Å². The molecule has 1 aromatic heterocycles. The lowest BCUT2D eigenvalue weighted by atomic mass is 9.91. The average Bonchev–Trinajstić information content (AvgIpc) is 3.13. The van der Waals surface area contributed by atoms with Crippen molar-refractivity contribution < 1.29 is 14.0 Å². The average molecular weight is 476 g/mol. The molecular formula is C27H26FN3O2S. The fourth-order valence-electron chi connectivity index (χ4n) is 4.70. The minimum Gasteiger partial charge on any atom is -0.324 e. The van der Waals surface area contributed by atoms with Gasteiger partial charge in [-0.25, -0.2) is 4.39 Å². The molecule has 2 heterocycles. The van der Waals surface area contributed by atoms with Crippen molar-refractivity contribution in [1.82, 2.24) is 0 Å². The van der Waals surface area contributed by atoms with Gasteiger partial charge >= 0.3 is 0 Å². The molecule has 5 rings (SSSR count). The van der Waals surface area contributed by atoms with Crippen LogP contribution in [0.5, 0.6) is 0 Å². The van der Waals surface area contributed by atoms with Crippen molar-refractivity contribution in [3.63, 3.8) is 0 Å². The fourth-order valence-corrected chi connectivity index (χ4v) is 6.11. The van der Waals surface area contributed by atoms with E-state index < -0.39 is 0 Å². The van der Waals surface area contributed by atoms with Crippen molar-refractivity contribution in [3.8, 4) is 0 Å². The number of hydrogen-bond acceptors (Lipinski definition) is 4. The van der Waals surface area contributed by atoms with Gasteiger partial charge in [-0.2, -0.15) is 0 Å². The highest BCUT2D eigenvalue weighted by Crippen LogP contribution is 2.42. The maximum atomic E-state index is 13.6. The molecule has 2 aromatic carbocycles. The Bertz CT molecular complexity index is 1310. The summed E-state index contributed by atoms with van der Waals surface area (Å²) >= 11 is 1.59. The summed E-state index contributed by atoms with van der Waals surface area (Å²) in [5, 5.41) is 3.73. The highest BCUT2D eigenvalue weighted by atomic mass is 32.1. The number of hydrogen-bond donors (Lipinski definition) is 1. The molecule has 0 unspecified atom stereocenters. The first-order valence-electron chi connectivity index (χ1n) is 11.5. The number of aliphatic imine (C=N–C) groups is 1. The van der Waals surface area contributed by atoms with E-state index in [2.05, 4.69) is 10.3 Å². The van der Waals surface area contributed by atoms with Crippen molar-refractivity contribution in [3.05, 3.63) is 81.0 Å². The number of rotatable bonds is 4. The van der Waals surface area contributed by atoms with Gasteiger partial charge in [0.25, 0.3) is 0 Å². The summed E-state index contributed by atoms with van der Waals surface area (Å²) in [5.41, 5.74) is 6.47. The number of anilines is 2. The van der Waals surface area contributed by atoms with Crippen LogP contribution in [0.25, 0.3) is 0 Å². The Labute approximate surface area is 202 Å². The van der Waals surface area contributed by atoms with Gasteiger partial charge in [-0.15, -0.1) is 11.3 Å². The quantitative estimate of drug-likeness (QED) is 0.563. The van der Waals surface area contributed by atoms with Crippen LogP contribution in [0.2, 0.25) is 0 Å². The summed E-state index contributed by atoms with van der Waals surface area (Å²) in [7, 11) is 0. The first-order valence-corrected chi connectivity index (χ1v) is 12.3. The second kappa shape index (κ2) is 9.14. The van der Waals surface area contributed by atoms with Crippen LogP contribution < -0.4 is 10.2 Å². The van der Waals surface area contributed by atoms with E-state index >= 15 is 0 Å². The molecule has 1 aliphatic heterocycles. The SMILES string of the molecule is Cc1ccc(NC(=O)CN2C(=O)CN=C(c3ccc(F)cc3)c3c2sc2c3CCCC2)c(C)c1. The molecule has 0 radical (unpaired) electrons. The van der Waals surface area contributed by atoms with E-state index in [9.17, 15) is 14.0 Å². The molecule has 2 aliphatic rings. The summed E-state index contributed by atoms with van der Waals surface area (Å²) < 4.78 is 13.6. The Morgan fingerprint density at radius 2 is 1.88 bits per heavy atom. The van der Waals surface area contributed by atoms with Gasteiger partial charge in [-0.3, -0.25) is 19.5 Å². The van der Waals surface area contributed by atoms with Crippen molar-refractivity contribution in [1.29, 1.82) is 0 Å². The molecule has 2 amide bonds. The molecule has 174 valence electrons. The topological polar surface area (TPSA) is 61.8 Å². The van der Waals surface area contributed by atoms with E-state index in [4.69, 9.17) is 0 Å².